The van der Waals surface area contributed by atoms with Crippen molar-refractivity contribution in [3.63, 3.8) is 0 Å². The minimum atomic E-state index is -0.229. The number of carbonyl (C=O) groups excluding carboxylic acids is 1. The molecule has 0 atom stereocenters. The van der Waals surface area contributed by atoms with Crippen molar-refractivity contribution in [1.82, 2.24) is 29.4 Å². The van der Waals surface area contributed by atoms with E-state index in [2.05, 4.69) is 25.6 Å². The van der Waals surface area contributed by atoms with Gasteiger partial charge in [-0.25, -0.2) is 4.98 Å². The highest BCUT2D eigenvalue weighted by Gasteiger charge is 2.10. The SMILES string of the molecule is O=C(CCn1cnc2sccc2c1=O)Nc1nn2cnnc2s1. The highest BCUT2D eigenvalue weighted by molar-refractivity contribution is 7.20. The van der Waals surface area contributed by atoms with Gasteiger partial charge >= 0.3 is 0 Å². The Labute approximate surface area is 136 Å². The fourth-order valence-corrected chi connectivity index (χ4v) is 3.53. The molecule has 23 heavy (non-hydrogen) atoms. The number of fused-ring (bicyclic) bond motifs is 2. The van der Waals surface area contributed by atoms with Gasteiger partial charge in [0, 0.05) is 13.0 Å². The number of hydrogen-bond donors (Lipinski definition) is 1. The molecule has 9 nitrogen and oxygen atoms in total. The van der Waals surface area contributed by atoms with E-state index < -0.39 is 0 Å². The quantitative estimate of drug-likeness (QED) is 0.590. The van der Waals surface area contributed by atoms with Gasteiger partial charge in [0.2, 0.25) is 16.0 Å². The van der Waals surface area contributed by atoms with Crippen molar-refractivity contribution in [1.29, 1.82) is 0 Å². The lowest BCUT2D eigenvalue weighted by molar-refractivity contribution is -0.116. The molecule has 0 radical (unpaired) electrons. The van der Waals surface area contributed by atoms with Crippen molar-refractivity contribution < 1.29 is 4.79 Å². The van der Waals surface area contributed by atoms with Gasteiger partial charge in [0.05, 0.1) is 11.7 Å². The molecule has 4 aromatic rings. The lowest BCUT2D eigenvalue weighted by atomic mass is 10.3. The third kappa shape index (κ3) is 2.59. The molecule has 0 fully saturated rings. The van der Waals surface area contributed by atoms with Crippen LogP contribution in [0.5, 0.6) is 0 Å². The van der Waals surface area contributed by atoms with E-state index in [0.717, 1.165) is 0 Å². The standard InChI is InChI=1S/C12H9N7O2S2/c20-8(15-11-17-19-6-14-16-12(19)23-11)1-3-18-5-13-9-7(10(18)21)2-4-22-9/h2,4-6H,1,3H2,(H,15,17,20). The Balaban J connectivity index is 1.45. The summed E-state index contributed by atoms with van der Waals surface area (Å²) in [5.41, 5.74) is -0.136. The zero-order valence-electron chi connectivity index (χ0n) is 11.5. The number of anilines is 1. The fourth-order valence-electron chi connectivity index (χ4n) is 2.07. The molecule has 0 unspecified atom stereocenters. The molecule has 11 heteroatoms. The Bertz CT molecular complexity index is 1030. The van der Waals surface area contributed by atoms with Crippen LogP contribution in [0, 0.1) is 0 Å². The molecule has 4 rings (SSSR count). The van der Waals surface area contributed by atoms with Gasteiger partial charge in [-0.2, -0.15) is 4.52 Å². The summed E-state index contributed by atoms with van der Waals surface area (Å²) in [5.74, 6) is -0.229. The average molecular weight is 347 g/mol. The molecule has 116 valence electrons. The molecule has 0 saturated carbocycles. The highest BCUT2D eigenvalue weighted by Crippen LogP contribution is 2.17. The molecule has 0 aliphatic rings. The van der Waals surface area contributed by atoms with E-state index in [1.54, 1.807) is 6.07 Å². The van der Waals surface area contributed by atoms with Crippen molar-refractivity contribution in [2.45, 2.75) is 13.0 Å². The van der Waals surface area contributed by atoms with Crippen molar-refractivity contribution in [2.75, 3.05) is 5.32 Å². The van der Waals surface area contributed by atoms with Crippen LogP contribution in [-0.4, -0.2) is 35.3 Å². The summed E-state index contributed by atoms with van der Waals surface area (Å²) >= 11 is 2.64. The number of amides is 1. The molecular weight excluding hydrogens is 338 g/mol. The highest BCUT2D eigenvalue weighted by atomic mass is 32.1. The molecule has 0 saturated heterocycles. The lowest BCUT2D eigenvalue weighted by Crippen LogP contribution is -2.23. The Hall–Kier alpha value is -2.66. The minimum Gasteiger partial charge on any atom is -0.300 e. The Morgan fingerprint density at radius 1 is 1.35 bits per heavy atom. The molecule has 0 spiro atoms. The first-order chi connectivity index (χ1) is 11.2. The Morgan fingerprint density at radius 3 is 3.13 bits per heavy atom. The van der Waals surface area contributed by atoms with Gasteiger partial charge < -0.3 is 5.32 Å². The Morgan fingerprint density at radius 2 is 2.26 bits per heavy atom. The molecule has 0 aromatic carbocycles. The van der Waals surface area contributed by atoms with Crippen molar-refractivity contribution in [3.05, 3.63) is 34.5 Å². The van der Waals surface area contributed by atoms with E-state index in [4.69, 9.17) is 0 Å². The van der Waals surface area contributed by atoms with E-state index >= 15 is 0 Å². The molecule has 4 heterocycles. The maximum Gasteiger partial charge on any atom is 0.262 e. The van der Waals surface area contributed by atoms with Gasteiger partial charge in [-0.05, 0) is 11.4 Å². The summed E-state index contributed by atoms with van der Waals surface area (Å²) in [6.45, 7) is 0.257. The van der Waals surface area contributed by atoms with Gasteiger partial charge in [-0.1, -0.05) is 11.3 Å². The van der Waals surface area contributed by atoms with Crippen LogP contribution in [0.4, 0.5) is 5.13 Å². The number of aryl methyl sites for hydroxylation is 1. The maximum absolute atomic E-state index is 12.2. The number of hydrogen-bond acceptors (Lipinski definition) is 8. The summed E-state index contributed by atoms with van der Waals surface area (Å²) in [6.07, 6.45) is 3.08. The summed E-state index contributed by atoms with van der Waals surface area (Å²) in [4.78, 5) is 29.7. The van der Waals surface area contributed by atoms with Gasteiger partial charge in [-0.15, -0.1) is 26.6 Å². The van der Waals surface area contributed by atoms with E-state index in [9.17, 15) is 9.59 Å². The molecule has 0 bridgehead atoms. The smallest absolute Gasteiger partial charge is 0.262 e. The van der Waals surface area contributed by atoms with Crippen LogP contribution in [0.3, 0.4) is 0 Å². The lowest BCUT2D eigenvalue weighted by Gasteiger charge is -2.04. The van der Waals surface area contributed by atoms with E-state index in [1.165, 1.54) is 44.4 Å². The molecule has 0 aliphatic carbocycles. The number of nitrogens with zero attached hydrogens (tertiary/aromatic N) is 6. The van der Waals surface area contributed by atoms with Gasteiger partial charge in [0.1, 0.15) is 11.2 Å². The van der Waals surface area contributed by atoms with Crippen LogP contribution >= 0.6 is 22.7 Å². The third-order valence-electron chi connectivity index (χ3n) is 3.16. The van der Waals surface area contributed by atoms with Crippen LogP contribution in [0.2, 0.25) is 0 Å². The first kappa shape index (κ1) is 14.0. The molecular formula is C12H9N7O2S2. The second kappa shape index (κ2) is 5.52. The van der Waals surface area contributed by atoms with Crippen molar-refractivity contribution >= 4 is 48.9 Å². The summed E-state index contributed by atoms with van der Waals surface area (Å²) in [7, 11) is 0. The largest absolute Gasteiger partial charge is 0.300 e. The minimum absolute atomic E-state index is 0.136. The maximum atomic E-state index is 12.2. The molecule has 1 N–H and O–H groups in total. The number of carbonyl (C=O) groups is 1. The second-order valence-corrected chi connectivity index (χ2v) is 6.50. The summed E-state index contributed by atoms with van der Waals surface area (Å²) in [6, 6.07) is 1.74. The van der Waals surface area contributed by atoms with Crippen LogP contribution in [0.25, 0.3) is 15.2 Å². The van der Waals surface area contributed by atoms with Crippen LogP contribution < -0.4 is 10.9 Å². The van der Waals surface area contributed by atoms with Gasteiger partial charge in [0.25, 0.3) is 5.56 Å². The zero-order valence-corrected chi connectivity index (χ0v) is 13.2. The van der Waals surface area contributed by atoms with E-state index in [0.29, 0.717) is 20.3 Å². The number of thiophene rings is 1. The number of rotatable bonds is 4. The predicted molar refractivity (Wildman–Crippen MR) is 85.8 cm³/mol. The van der Waals surface area contributed by atoms with E-state index in [-0.39, 0.29) is 24.4 Å². The van der Waals surface area contributed by atoms with Crippen LogP contribution in [-0.2, 0) is 11.3 Å². The monoisotopic (exact) mass is 347 g/mol. The predicted octanol–water partition coefficient (Wildman–Crippen LogP) is 0.986. The summed E-state index contributed by atoms with van der Waals surface area (Å²) < 4.78 is 2.92. The first-order valence-electron chi connectivity index (χ1n) is 6.60. The van der Waals surface area contributed by atoms with Crippen molar-refractivity contribution in [3.8, 4) is 0 Å². The topological polar surface area (TPSA) is 107 Å². The number of aromatic nitrogens is 6. The third-order valence-corrected chi connectivity index (χ3v) is 4.81. The zero-order chi connectivity index (χ0) is 15.8. The normalized spacial score (nSPS) is 11.3. The fraction of sp³-hybridized carbons (Fsp3) is 0.167. The van der Waals surface area contributed by atoms with Crippen LogP contribution in [0.1, 0.15) is 6.42 Å². The van der Waals surface area contributed by atoms with Gasteiger partial charge in [0.15, 0.2) is 0 Å². The first-order valence-corrected chi connectivity index (χ1v) is 8.30. The second-order valence-electron chi connectivity index (χ2n) is 4.65. The van der Waals surface area contributed by atoms with E-state index in [1.807, 2.05) is 5.38 Å². The van der Waals surface area contributed by atoms with Crippen molar-refractivity contribution in [2.24, 2.45) is 0 Å². The Kier molecular flexibility index (Phi) is 3.35. The number of nitrogens with one attached hydrogen (secondary N) is 1. The summed E-state index contributed by atoms with van der Waals surface area (Å²) in [5, 5.41) is 17.2. The molecule has 0 aliphatic heterocycles. The van der Waals surface area contributed by atoms with Crippen LogP contribution in [0.15, 0.2) is 28.9 Å². The molecule has 4 aromatic heterocycles. The average Bonchev–Trinajstić information content (AvgIpc) is 3.21. The molecule has 1 amide bonds. The van der Waals surface area contributed by atoms with Gasteiger partial charge in [-0.3, -0.25) is 14.2 Å².